The number of nitrogens with one attached hydrogen (secondary N) is 2. The maximum absolute atomic E-state index is 11.8. The third-order valence-corrected chi connectivity index (χ3v) is 3.04. The van der Waals surface area contributed by atoms with E-state index in [0.29, 0.717) is 0 Å². The number of hydrogen-bond acceptors (Lipinski definition) is 4. The van der Waals surface area contributed by atoms with Crippen molar-refractivity contribution in [3.63, 3.8) is 0 Å². The third kappa shape index (κ3) is 4.63. The predicted molar refractivity (Wildman–Crippen MR) is 83.1 cm³/mol. The van der Waals surface area contributed by atoms with Crippen molar-refractivity contribution in [2.75, 3.05) is 5.32 Å². The van der Waals surface area contributed by atoms with Crippen LogP contribution in [0.2, 0.25) is 0 Å². The summed E-state index contributed by atoms with van der Waals surface area (Å²) in [5, 5.41) is 23.0. The van der Waals surface area contributed by atoms with Crippen LogP contribution < -0.4 is 10.6 Å². The molecule has 0 saturated carbocycles. The van der Waals surface area contributed by atoms with Gasteiger partial charge in [-0.05, 0) is 24.5 Å². The topological polar surface area (TPSA) is 102 Å². The van der Waals surface area contributed by atoms with Crippen LogP contribution in [0.1, 0.15) is 32.3 Å². The second kappa shape index (κ2) is 7.84. The normalized spacial score (nSPS) is 12.4. The second-order valence-corrected chi connectivity index (χ2v) is 5.09. The quantitative estimate of drug-likeness (QED) is 0.552. The number of rotatable bonds is 6. The molecule has 1 amide bonds. The van der Waals surface area contributed by atoms with E-state index in [1.807, 2.05) is 38.1 Å². The lowest BCUT2D eigenvalue weighted by Gasteiger charge is -2.13. The van der Waals surface area contributed by atoms with Crippen LogP contribution in [0.25, 0.3) is 0 Å². The van der Waals surface area contributed by atoms with Gasteiger partial charge in [0, 0.05) is 11.9 Å². The minimum Gasteiger partial charge on any atom is -0.480 e. The molecule has 1 unspecified atom stereocenters. The summed E-state index contributed by atoms with van der Waals surface area (Å²) in [4.78, 5) is 22.5. The highest BCUT2D eigenvalue weighted by Gasteiger charge is 2.17. The Bertz CT molecular complexity index is 630. The number of aliphatic carboxylic acids is 1. The molecule has 0 aliphatic rings. The highest BCUT2D eigenvalue weighted by atomic mass is 16.4. The van der Waals surface area contributed by atoms with Crippen LogP contribution in [0.15, 0.2) is 36.0 Å². The number of anilines is 1. The number of para-hydroxylation sites is 1. The molecule has 6 nitrogen and oxygen atoms in total. The fourth-order valence-electron chi connectivity index (χ4n) is 1.77. The van der Waals surface area contributed by atoms with Gasteiger partial charge in [-0.25, -0.2) is 0 Å². The van der Waals surface area contributed by atoms with Crippen molar-refractivity contribution in [2.24, 2.45) is 0 Å². The maximum atomic E-state index is 11.8. The molecule has 3 N–H and O–H groups in total. The molecule has 0 aliphatic carbocycles. The predicted octanol–water partition coefficient (Wildman–Crippen LogP) is 2.22. The number of carboxylic acids is 1. The Hall–Kier alpha value is -2.81. The van der Waals surface area contributed by atoms with Crippen molar-refractivity contribution in [1.82, 2.24) is 5.32 Å². The fraction of sp³-hybridized carbons (Fsp3) is 0.312. The number of carbonyl (C=O) groups excluding carboxylic acids is 1. The molecule has 1 aromatic rings. The number of benzene rings is 1. The van der Waals surface area contributed by atoms with Crippen LogP contribution in [-0.2, 0) is 9.59 Å². The van der Waals surface area contributed by atoms with Crippen LogP contribution >= 0.6 is 0 Å². The van der Waals surface area contributed by atoms with Crippen molar-refractivity contribution in [3.05, 3.63) is 41.6 Å². The van der Waals surface area contributed by atoms with Gasteiger partial charge in [0.2, 0.25) is 0 Å². The summed E-state index contributed by atoms with van der Waals surface area (Å²) in [6.07, 6.45) is 1.28. The molecule has 1 rings (SSSR count). The Morgan fingerprint density at radius 3 is 2.45 bits per heavy atom. The molecule has 0 aromatic heterocycles. The van der Waals surface area contributed by atoms with Crippen molar-refractivity contribution in [3.8, 4) is 6.07 Å². The van der Waals surface area contributed by atoms with Crippen molar-refractivity contribution >= 4 is 17.6 Å². The monoisotopic (exact) mass is 301 g/mol. The third-order valence-electron chi connectivity index (χ3n) is 3.04. The number of carbonyl (C=O) groups is 2. The number of hydrogen-bond donors (Lipinski definition) is 3. The van der Waals surface area contributed by atoms with Gasteiger partial charge in [0.25, 0.3) is 5.91 Å². The molecular formula is C16H19N3O3. The summed E-state index contributed by atoms with van der Waals surface area (Å²) in [5.74, 6) is -1.61. The molecule has 1 atom stereocenters. The van der Waals surface area contributed by atoms with Gasteiger partial charge >= 0.3 is 5.97 Å². The average molecular weight is 301 g/mol. The summed E-state index contributed by atoms with van der Waals surface area (Å²) in [6, 6.07) is 8.26. The van der Waals surface area contributed by atoms with Crippen LogP contribution in [0.3, 0.4) is 0 Å². The van der Waals surface area contributed by atoms with Gasteiger partial charge < -0.3 is 15.7 Å². The zero-order valence-electron chi connectivity index (χ0n) is 12.8. The van der Waals surface area contributed by atoms with Gasteiger partial charge in [0.15, 0.2) is 0 Å². The van der Waals surface area contributed by atoms with Gasteiger partial charge in [-0.2, -0.15) is 5.26 Å². The molecular weight excluding hydrogens is 282 g/mol. The van der Waals surface area contributed by atoms with Crippen LogP contribution in [0, 0.1) is 11.3 Å². The van der Waals surface area contributed by atoms with Crippen molar-refractivity contribution in [1.29, 1.82) is 5.26 Å². The number of nitrogens with zero attached hydrogens (tertiary/aromatic N) is 1. The highest BCUT2D eigenvalue weighted by Crippen LogP contribution is 2.23. The molecule has 1 aromatic carbocycles. The largest absolute Gasteiger partial charge is 0.480 e. The first kappa shape index (κ1) is 17.2. The van der Waals surface area contributed by atoms with Gasteiger partial charge in [-0.3, -0.25) is 9.59 Å². The van der Waals surface area contributed by atoms with Gasteiger partial charge in [0.05, 0.1) is 0 Å². The van der Waals surface area contributed by atoms with Gasteiger partial charge in [-0.15, -0.1) is 0 Å². The minimum atomic E-state index is -1.16. The standard InChI is InChI=1S/C16H19N3O3/c1-10(2)13-6-4-5-7-14(13)18-9-12(8-17)15(20)19-11(3)16(21)22/h4-7,9-11,18H,1-3H3,(H,19,20)(H,21,22)/b12-9-. The molecule has 6 heteroatoms. The smallest absolute Gasteiger partial charge is 0.325 e. The molecule has 22 heavy (non-hydrogen) atoms. The highest BCUT2D eigenvalue weighted by molar-refractivity contribution is 5.99. The van der Waals surface area contributed by atoms with E-state index in [9.17, 15) is 9.59 Å². The summed E-state index contributed by atoms with van der Waals surface area (Å²) in [6.45, 7) is 5.41. The van der Waals surface area contributed by atoms with E-state index in [1.165, 1.54) is 13.1 Å². The summed E-state index contributed by atoms with van der Waals surface area (Å²) >= 11 is 0. The Morgan fingerprint density at radius 1 is 1.27 bits per heavy atom. The van der Waals surface area contributed by atoms with E-state index in [-0.39, 0.29) is 11.5 Å². The molecule has 0 fully saturated rings. The first-order valence-electron chi connectivity index (χ1n) is 6.86. The van der Waals surface area contributed by atoms with E-state index in [1.54, 1.807) is 6.07 Å². The van der Waals surface area contributed by atoms with Gasteiger partial charge in [-0.1, -0.05) is 32.0 Å². The average Bonchev–Trinajstić information content (AvgIpc) is 2.47. The lowest BCUT2D eigenvalue weighted by Crippen LogP contribution is -2.39. The summed E-state index contributed by atoms with van der Waals surface area (Å²) in [7, 11) is 0. The van der Waals surface area contributed by atoms with E-state index >= 15 is 0 Å². The van der Waals surface area contributed by atoms with Crippen LogP contribution in [0.4, 0.5) is 5.69 Å². The Labute approximate surface area is 129 Å². The number of carboxylic acid groups (broad SMARTS) is 1. The second-order valence-electron chi connectivity index (χ2n) is 5.09. The minimum absolute atomic E-state index is 0.188. The summed E-state index contributed by atoms with van der Waals surface area (Å²) in [5.41, 5.74) is 1.66. The molecule has 0 radical (unpaired) electrons. The lowest BCUT2D eigenvalue weighted by molar-refractivity contribution is -0.140. The van der Waals surface area contributed by atoms with E-state index in [0.717, 1.165) is 11.3 Å². The number of amides is 1. The van der Waals surface area contributed by atoms with E-state index in [4.69, 9.17) is 10.4 Å². The lowest BCUT2D eigenvalue weighted by atomic mass is 10.0. The molecule has 0 aliphatic heterocycles. The molecule has 0 bridgehead atoms. The molecule has 116 valence electrons. The van der Waals surface area contributed by atoms with E-state index in [2.05, 4.69) is 10.6 Å². The van der Waals surface area contributed by atoms with Crippen LogP contribution in [-0.4, -0.2) is 23.0 Å². The first-order valence-corrected chi connectivity index (χ1v) is 6.86. The van der Waals surface area contributed by atoms with Gasteiger partial charge in [0.1, 0.15) is 17.7 Å². The number of nitriles is 1. The zero-order valence-corrected chi connectivity index (χ0v) is 12.8. The Kier molecular flexibility index (Phi) is 6.14. The maximum Gasteiger partial charge on any atom is 0.325 e. The zero-order chi connectivity index (χ0) is 16.7. The Balaban J connectivity index is 2.89. The molecule has 0 saturated heterocycles. The van der Waals surface area contributed by atoms with E-state index < -0.39 is 17.9 Å². The molecule has 0 spiro atoms. The van der Waals surface area contributed by atoms with Crippen molar-refractivity contribution < 1.29 is 14.7 Å². The molecule has 0 heterocycles. The first-order chi connectivity index (χ1) is 10.4. The van der Waals surface area contributed by atoms with Crippen LogP contribution in [0.5, 0.6) is 0 Å². The SMILES string of the molecule is CC(NC(=O)/C(C#N)=C\Nc1ccccc1C(C)C)C(=O)O. The Morgan fingerprint density at radius 2 is 1.91 bits per heavy atom. The fourth-order valence-corrected chi connectivity index (χ4v) is 1.77. The summed E-state index contributed by atoms with van der Waals surface area (Å²) < 4.78 is 0. The van der Waals surface area contributed by atoms with Crippen molar-refractivity contribution in [2.45, 2.75) is 32.7 Å².